The van der Waals surface area contributed by atoms with Crippen LogP contribution in [0, 0.1) is 0 Å². The standard InChI is InChI=1S/C15H21F3N2O3.ClH/c1-22-12-7-10(21)8-13(23-2)14(12)11(9-15(16,17)18)20-5-3-19-4-6-20;/h7-8,11,19,21H,3-6,9H2,1-2H3;1H/t11-;/m0./s1. The number of nitrogens with zero attached hydrogens (tertiary/aromatic N) is 1. The number of hydrogen-bond acceptors (Lipinski definition) is 5. The van der Waals surface area contributed by atoms with Crippen molar-refractivity contribution >= 4 is 12.4 Å². The Balaban J connectivity index is 0.00000288. The van der Waals surface area contributed by atoms with Gasteiger partial charge in [-0.3, -0.25) is 4.90 Å². The van der Waals surface area contributed by atoms with Gasteiger partial charge in [0.1, 0.15) is 17.2 Å². The summed E-state index contributed by atoms with van der Waals surface area (Å²) in [4.78, 5) is 1.77. The second-order valence-corrected chi connectivity index (χ2v) is 5.39. The second kappa shape index (κ2) is 8.64. The lowest BCUT2D eigenvalue weighted by Gasteiger charge is -2.36. The predicted molar refractivity (Wildman–Crippen MR) is 86.3 cm³/mol. The van der Waals surface area contributed by atoms with Gasteiger partial charge in [-0.2, -0.15) is 13.2 Å². The number of phenolic OH excluding ortho intramolecular Hbond substituents is 1. The molecule has 0 aliphatic carbocycles. The van der Waals surface area contributed by atoms with Crippen LogP contribution in [-0.2, 0) is 0 Å². The van der Waals surface area contributed by atoms with Crippen molar-refractivity contribution in [3.8, 4) is 17.2 Å². The molecule has 2 rings (SSSR count). The van der Waals surface area contributed by atoms with Crippen molar-refractivity contribution in [2.75, 3.05) is 40.4 Å². The van der Waals surface area contributed by atoms with Crippen LogP contribution in [0.4, 0.5) is 13.2 Å². The molecule has 0 bridgehead atoms. The first-order chi connectivity index (χ1) is 10.9. The van der Waals surface area contributed by atoms with Gasteiger partial charge in [-0.05, 0) is 0 Å². The third-order valence-corrected chi connectivity index (χ3v) is 3.88. The van der Waals surface area contributed by atoms with Crippen LogP contribution in [0.25, 0.3) is 0 Å². The predicted octanol–water partition coefficient (Wildman–Crippen LogP) is 2.73. The molecule has 2 N–H and O–H groups in total. The third-order valence-electron chi connectivity index (χ3n) is 3.88. The summed E-state index contributed by atoms with van der Waals surface area (Å²) < 4.78 is 49.8. The molecule has 1 atom stereocenters. The van der Waals surface area contributed by atoms with Gasteiger partial charge in [0, 0.05) is 38.3 Å². The zero-order valence-electron chi connectivity index (χ0n) is 13.5. The van der Waals surface area contributed by atoms with Gasteiger partial charge >= 0.3 is 6.18 Å². The van der Waals surface area contributed by atoms with Crippen LogP contribution < -0.4 is 14.8 Å². The first-order valence-electron chi connectivity index (χ1n) is 7.32. The molecule has 1 saturated heterocycles. The lowest BCUT2D eigenvalue weighted by Crippen LogP contribution is -2.46. The Bertz CT molecular complexity index is 512. The molecule has 1 aromatic rings. The molecular formula is C15H22ClF3N2O3. The number of nitrogens with one attached hydrogen (secondary N) is 1. The maximum atomic E-state index is 13.1. The molecule has 1 aliphatic rings. The van der Waals surface area contributed by atoms with Crippen molar-refractivity contribution < 1.29 is 27.8 Å². The van der Waals surface area contributed by atoms with E-state index in [4.69, 9.17) is 9.47 Å². The molecule has 1 heterocycles. The van der Waals surface area contributed by atoms with E-state index >= 15 is 0 Å². The zero-order valence-corrected chi connectivity index (χ0v) is 14.3. The van der Waals surface area contributed by atoms with E-state index < -0.39 is 18.6 Å². The number of alkyl halides is 3. The molecule has 1 aromatic carbocycles. The maximum absolute atomic E-state index is 13.1. The molecule has 9 heteroatoms. The number of rotatable bonds is 5. The average Bonchev–Trinajstić information content (AvgIpc) is 2.52. The van der Waals surface area contributed by atoms with Gasteiger partial charge in [-0.15, -0.1) is 12.4 Å². The topological polar surface area (TPSA) is 54.0 Å². The normalized spacial score (nSPS) is 17.0. The lowest BCUT2D eigenvalue weighted by atomic mass is 9.98. The molecule has 1 aliphatic heterocycles. The van der Waals surface area contributed by atoms with Crippen LogP contribution in [0.2, 0.25) is 0 Å². The van der Waals surface area contributed by atoms with Gasteiger partial charge < -0.3 is 19.9 Å². The van der Waals surface area contributed by atoms with Crippen LogP contribution in [-0.4, -0.2) is 56.6 Å². The highest BCUT2D eigenvalue weighted by atomic mass is 35.5. The number of aromatic hydroxyl groups is 1. The Morgan fingerprint density at radius 2 is 1.67 bits per heavy atom. The molecule has 1 fully saturated rings. The smallest absolute Gasteiger partial charge is 0.390 e. The van der Waals surface area contributed by atoms with E-state index in [1.807, 2.05) is 0 Å². The Morgan fingerprint density at radius 1 is 1.17 bits per heavy atom. The number of methoxy groups -OCH3 is 2. The summed E-state index contributed by atoms with van der Waals surface area (Å²) in [5.41, 5.74) is 0.312. The summed E-state index contributed by atoms with van der Waals surface area (Å²) in [6.45, 7) is 2.23. The Labute approximate surface area is 145 Å². The van der Waals surface area contributed by atoms with Crippen LogP contribution in [0.15, 0.2) is 12.1 Å². The summed E-state index contributed by atoms with van der Waals surface area (Å²) in [5.74, 6) is 0.262. The minimum Gasteiger partial charge on any atom is -0.508 e. The first kappa shape index (κ1) is 20.7. The van der Waals surface area contributed by atoms with E-state index in [0.29, 0.717) is 31.7 Å². The van der Waals surface area contributed by atoms with E-state index in [1.165, 1.54) is 26.4 Å². The highest BCUT2D eigenvalue weighted by molar-refractivity contribution is 5.85. The second-order valence-electron chi connectivity index (χ2n) is 5.39. The van der Waals surface area contributed by atoms with Crippen LogP contribution in [0.3, 0.4) is 0 Å². The van der Waals surface area contributed by atoms with E-state index in [-0.39, 0.29) is 29.7 Å². The number of hydrogen-bond donors (Lipinski definition) is 2. The van der Waals surface area contributed by atoms with Gasteiger partial charge in [0.25, 0.3) is 0 Å². The molecule has 5 nitrogen and oxygen atoms in total. The highest BCUT2D eigenvalue weighted by Gasteiger charge is 2.38. The summed E-state index contributed by atoms with van der Waals surface area (Å²) in [6.07, 6.45) is -5.34. The molecular weight excluding hydrogens is 349 g/mol. The monoisotopic (exact) mass is 370 g/mol. The minimum atomic E-state index is -4.33. The fourth-order valence-electron chi connectivity index (χ4n) is 2.88. The van der Waals surface area contributed by atoms with Crippen molar-refractivity contribution in [3.63, 3.8) is 0 Å². The average molecular weight is 371 g/mol. The quantitative estimate of drug-likeness (QED) is 0.834. The van der Waals surface area contributed by atoms with Crippen molar-refractivity contribution in [3.05, 3.63) is 17.7 Å². The fourth-order valence-corrected chi connectivity index (χ4v) is 2.88. The molecule has 0 spiro atoms. The molecule has 138 valence electrons. The maximum Gasteiger partial charge on any atom is 0.390 e. The molecule has 0 aromatic heterocycles. The van der Waals surface area contributed by atoms with Crippen molar-refractivity contribution in [2.24, 2.45) is 0 Å². The lowest BCUT2D eigenvalue weighted by molar-refractivity contribution is -0.149. The Morgan fingerprint density at radius 3 is 2.08 bits per heavy atom. The number of piperazine rings is 1. The summed E-state index contributed by atoms with van der Waals surface area (Å²) in [6, 6.07) is 1.69. The molecule has 24 heavy (non-hydrogen) atoms. The van der Waals surface area contributed by atoms with Gasteiger partial charge in [0.05, 0.1) is 32.2 Å². The summed E-state index contributed by atoms with van der Waals surface area (Å²) in [5, 5.41) is 12.8. The minimum absolute atomic E-state index is 0. The van der Waals surface area contributed by atoms with Gasteiger partial charge in [0.2, 0.25) is 0 Å². The van der Waals surface area contributed by atoms with E-state index in [9.17, 15) is 18.3 Å². The number of phenols is 1. The Hall–Kier alpha value is -1.38. The molecule has 0 amide bonds. The molecule has 0 unspecified atom stereocenters. The van der Waals surface area contributed by atoms with Crippen molar-refractivity contribution in [1.82, 2.24) is 10.2 Å². The third kappa shape index (κ3) is 5.06. The van der Waals surface area contributed by atoms with Gasteiger partial charge in [-0.1, -0.05) is 0 Å². The Kier molecular flexibility index (Phi) is 7.44. The van der Waals surface area contributed by atoms with Crippen LogP contribution in [0.1, 0.15) is 18.0 Å². The summed E-state index contributed by atoms with van der Waals surface area (Å²) >= 11 is 0. The number of ether oxygens (including phenoxy) is 2. The first-order valence-corrected chi connectivity index (χ1v) is 7.32. The van der Waals surface area contributed by atoms with E-state index in [2.05, 4.69) is 5.32 Å². The molecule has 0 saturated carbocycles. The largest absolute Gasteiger partial charge is 0.508 e. The highest BCUT2D eigenvalue weighted by Crippen LogP contribution is 2.44. The van der Waals surface area contributed by atoms with Gasteiger partial charge in [0.15, 0.2) is 0 Å². The summed E-state index contributed by atoms with van der Waals surface area (Å²) in [7, 11) is 2.72. The fraction of sp³-hybridized carbons (Fsp3) is 0.600. The molecule has 0 radical (unpaired) electrons. The number of benzene rings is 1. The zero-order chi connectivity index (χ0) is 17.0. The van der Waals surface area contributed by atoms with Crippen molar-refractivity contribution in [2.45, 2.75) is 18.6 Å². The van der Waals surface area contributed by atoms with Crippen LogP contribution >= 0.6 is 12.4 Å². The SMILES string of the molecule is COc1cc(O)cc(OC)c1[C@H](CC(F)(F)F)N1CCNCC1.Cl. The van der Waals surface area contributed by atoms with E-state index in [0.717, 1.165) is 0 Å². The van der Waals surface area contributed by atoms with Crippen molar-refractivity contribution in [1.29, 1.82) is 0 Å². The number of halogens is 4. The van der Waals surface area contributed by atoms with E-state index in [1.54, 1.807) is 4.90 Å². The van der Waals surface area contributed by atoms with Crippen LogP contribution in [0.5, 0.6) is 17.2 Å². The van der Waals surface area contributed by atoms with Gasteiger partial charge in [-0.25, -0.2) is 0 Å².